The van der Waals surface area contributed by atoms with Crippen molar-refractivity contribution in [3.63, 3.8) is 0 Å². The first-order chi connectivity index (χ1) is 13.3. The maximum Gasteiger partial charge on any atom is 0.293 e. The highest BCUT2D eigenvalue weighted by Gasteiger charge is 2.25. The van der Waals surface area contributed by atoms with E-state index in [4.69, 9.17) is 0 Å². The van der Waals surface area contributed by atoms with E-state index in [0.29, 0.717) is 30.8 Å². The van der Waals surface area contributed by atoms with Crippen LogP contribution in [-0.2, 0) is 0 Å². The fraction of sp³-hybridized carbons (Fsp3) is 0.316. The number of carbonyl (C=O) groups is 1. The Balaban J connectivity index is 1.86. The van der Waals surface area contributed by atoms with Gasteiger partial charge in [-0.3, -0.25) is 14.9 Å². The predicted molar refractivity (Wildman–Crippen MR) is 98.0 cm³/mol. The summed E-state index contributed by atoms with van der Waals surface area (Å²) >= 11 is 0. The number of anilines is 2. The van der Waals surface area contributed by atoms with Gasteiger partial charge in [-0.2, -0.15) is 0 Å². The van der Waals surface area contributed by atoms with Crippen molar-refractivity contribution in [1.82, 2.24) is 0 Å². The van der Waals surface area contributed by atoms with Gasteiger partial charge in [-0.05, 0) is 43.0 Å². The molecule has 0 spiro atoms. The summed E-state index contributed by atoms with van der Waals surface area (Å²) in [6, 6.07) is 5.51. The van der Waals surface area contributed by atoms with Gasteiger partial charge in [0, 0.05) is 24.7 Å². The topological polar surface area (TPSA) is 75.5 Å². The van der Waals surface area contributed by atoms with Crippen molar-refractivity contribution in [2.24, 2.45) is 5.92 Å². The fourth-order valence-electron chi connectivity index (χ4n) is 3.14. The fourth-order valence-corrected chi connectivity index (χ4v) is 3.14. The van der Waals surface area contributed by atoms with Crippen LogP contribution in [0.25, 0.3) is 0 Å². The molecule has 0 aliphatic carbocycles. The minimum Gasteiger partial charge on any atom is -0.366 e. The van der Waals surface area contributed by atoms with E-state index in [0.717, 1.165) is 25.0 Å². The van der Waals surface area contributed by atoms with Crippen LogP contribution in [0.3, 0.4) is 0 Å². The van der Waals surface area contributed by atoms with Crippen molar-refractivity contribution in [1.29, 1.82) is 0 Å². The summed E-state index contributed by atoms with van der Waals surface area (Å²) in [6.07, 6.45) is 1.82. The van der Waals surface area contributed by atoms with E-state index < -0.39 is 34.0 Å². The highest BCUT2D eigenvalue weighted by Crippen LogP contribution is 2.32. The molecule has 6 nitrogen and oxygen atoms in total. The molecule has 1 heterocycles. The van der Waals surface area contributed by atoms with Crippen LogP contribution in [0.15, 0.2) is 30.3 Å². The first kappa shape index (κ1) is 19.7. The third kappa shape index (κ3) is 3.92. The molecule has 1 N–H and O–H groups in total. The Bertz CT molecular complexity index is 928. The van der Waals surface area contributed by atoms with E-state index in [1.165, 1.54) is 12.1 Å². The Morgan fingerprint density at radius 2 is 1.82 bits per heavy atom. The number of carbonyl (C=O) groups excluding carboxylic acids is 1. The molecule has 2 aromatic rings. The van der Waals surface area contributed by atoms with Gasteiger partial charge in [-0.15, -0.1) is 0 Å². The Kier molecular flexibility index (Phi) is 5.53. The van der Waals surface area contributed by atoms with Gasteiger partial charge in [-0.25, -0.2) is 13.2 Å². The highest BCUT2D eigenvalue weighted by atomic mass is 19.2. The molecule has 1 aliphatic rings. The molecule has 0 radical (unpaired) electrons. The Morgan fingerprint density at radius 3 is 2.46 bits per heavy atom. The third-order valence-electron chi connectivity index (χ3n) is 4.84. The normalized spacial score (nSPS) is 14.8. The van der Waals surface area contributed by atoms with E-state index >= 15 is 0 Å². The zero-order chi connectivity index (χ0) is 20.4. The van der Waals surface area contributed by atoms with Crippen LogP contribution in [-0.4, -0.2) is 23.9 Å². The van der Waals surface area contributed by atoms with E-state index in [1.807, 2.05) is 4.90 Å². The van der Waals surface area contributed by atoms with Gasteiger partial charge in [0.05, 0.1) is 10.6 Å². The molecule has 148 valence electrons. The number of hydrogen-bond acceptors (Lipinski definition) is 4. The van der Waals surface area contributed by atoms with Gasteiger partial charge < -0.3 is 10.2 Å². The van der Waals surface area contributed by atoms with Crippen molar-refractivity contribution in [3.05, 3.63) is 63.5 Å². The third-order valence-corrected chi connectivity index (χ3v) is 4.84. The molecule has 0 unspecified atom stereocenters. The number of nitrogens with zero attached hydrogens (tertiary/aromatic N) is 2. The number of rotatable bonds is 4. The lowest BCUT2D eigenvalue weighted by Gasteiger charge is -2.31. The number of benzene rings is 2. The van der Waals surface area contributed by atoms with Crippen molar-refractivity contribution >= 4 is 23.0 Å². The second kappa shape index (κ2) is 7.87. The summed E-state index contributed by atoms with van der Waals surface area (Å²) in [4.78, 5) is 25.1. The number of halogens is 3. The van der Waals surface area contributed by atoms with E-state index in [2.05, 4.69) is 12.2 Å². The average Bonchev–Trinajstić information content (AvgIpc) is 2.68. The maximum absolute atomic E-state index is 13.7. The van der Waals surface area contributed by atoms with Crippen LogP contribution < -0.4 is 10.2 Å². The molecular weight excluding hydrogens is 375 g/mol. The van der Waals surface area contributed by atoms with Crippen molar-refractivity contribution in [2.45, 2.75) is 19.8 Å². The predicted octanol–water partition coefficient (Wildman–Crippen LogP) is 4.50. The molecule has 1 fully saturated rings. The summed E-state index contributed by atoms with van der Waals surface area (Å²) in [7, 11) is 0. The van der Waals surface area contributed by atoms with Gasteiger partial charge in [0.15, 0.2) is 17.5 Å². The molecule has 2 aromatic carbocycles. The molecule has 3 rings (SSSR count). The molecule has 1 saturated heterocycles. The number of piperidine rings is 1. The van der Waals surface area contributed by atoms with Crippen LogP contribution in [0, 0.1) is 33.5 Å². The van der Waals surface area contributed by atoms with Crippen LogP contribution in [0.4, 0.5) is 30.2 Å². The SMILES string of the molecule is CC1CCN(c2ccc(C(=O)Nc3ccc(F)c(F)c3F)cc2[N+](=O)[O-])CC1. The molecule has 1 aliphatic heterocycles. The minimum atomic E-state index is -1.71. The summed E-state index contributed by atoms with van der Waals surface area (Å²) in [5, 5.41) is 13.6. The Hall–Kier alpha value is -3.10. The highest BCUT2D eigenvalue weighted by molar-refractivity contribution is 6.05. The van der Waals surface area contributed by atoms with Gasteiger partial charge in [0.25, 0.3) is 11.6 Å². The minimum absolute atomic E-state index is 0.0926. The average molecular weight is 393 g/mol. The number of amides is 1. The van der Waals surface area contributed by atoms with Crippen molar-refractivity contribution in [3.8, 4) is 0 Å². The van der Waals surface area contributed by atoms with E-state index in [9.17, 15) is 28.1 Å². The quantitative estimate of drug-likeness (QED) is 0.471. The molecule has 9 heteroatoms. The maximum atomic E-state index is 13.7. The zero-order valence-electron chi connectivity index (χ0n) is 15.0. The summed E-state index contributed by atoms with van der Waals surface area (Å²) in [6.45, 7) is 3.47. The molecule has 0 bridgehead atoms. The second-order valence-corrected chi connectivity index (χ2v) is 6.81. The van der Waals surface area contributed by atoms with E-state index in [1.54, 1.807) is 0 Å². The monoisotopic (exact) mass is 393 g/mol. The summed E-state index contributed by atoms with van der Waals surface area (Å²) in [5.74, 6) is -4.95. The largest absolute Gasteiger partial charge is 0.366 e. The molecule has 0 atom stereocenters. The number of nitrogens with one attached hydrogen (secondary N) is 1. The lowest BCUT2D eigenvalue weighted by Crippen LogP contribution is -2.33. The summed E-state index contributed by atoms with van der Waals surface area (Å²) in [5.41, 5.74) is -0.481. The Labute approximate surface area is 159 Å². The Morgan fingerprint density at radius 1 is 1.14 bits per heavy atom. The van der Waals surface area contributed by atoms with Crippen LogP contribution >= 0.6 is 0 Å². The van der Waals surface area contributed by atoms with Crippen molar-refractivity contribution in [2.75, 3.05) is 23.3 Å². The standard InChI is InChI=1S/C19H18F3N3O3/c1-11-6-8-24(9-7-11)15-5-2-12(10-16(15)25(27)28)19(26)23-14-4-3-13(20)17(21)18(14)22/h2-5,10-11H,6-9H2,1H3,(H,23,26). The molecule has 1 amide bonds. The number of nitro benzene ring substituents is 1. The van der Waals surface area contributed by atoms with Crippen molar-refractivity contribution < 1.29 is 22.9 Å². The van der Waals surface area contributed by atoms with Gasteiger partial charge in [0.2, 0.25) is 0 Å². The van der Waals surface area contributed by atoms with Crippen LogP contribution in [0.1, 0.15) is 30.1 Å². The zero-order valence-corrected chi connectivity index (χ0v) is 15.0. The van der Waals surface area contributed by atoms with Crippen LogP contribution in [0.2, 0.25) is 0 Å². The van der Waals surface area contributed by atoms with Gasteiger partial charge in [-0.1, -0.05) is 6.92 Å². The molecule has 0 saturated carbocycles. The molecule has 28 heavy (non-hydrogen) atoms. The number of hydrogen-bond donors (Lipinski definition) is 1. The van der Waals surface area contributed by atoms with Gasteiger partial charge >= 0.3 is 0 Å². The summed E-state index contributed by atoms with van der Waals surface area (Å²) < 4.78 is 40.0. The molecular formula is C19H18F3N3O3. The van der Waals surface area contributed by atoms with Crippen LogP contribution in [0.5, 0.6) is 0 Å². The first-order valence-corrected chi connectivity index (χ1v) is 8.76. The smallest absolute Gasteiger partial charge is 0.293 e. The lowest BCUT2D eigenvalue weighted by atomic mass is 9.98. The van der Waals surface area contributed by atoms with E-state index in [-0.39, 0.29) is 11.3 Å². The second-order valence-electron chi connectivity index (χ2n) is 6.81. The van der Waals surface area contributed by atoms with Gasteiger partial charge in [0.1, 0.15) is 5.69 Å². The number of nitro groups is 1. The first-order valence-electron chi connectivity index (χ1n) is 8.76. The molecule has 0 aromatic heterocycles. The lowest BCUT2D eigenvalue weighted by molar-refractivity contribution is -0.384.